The molecule has 2 aromatic carbocycles. The minimum Gasteiger partial charge on any atom is -0.492 e. The monoisotopic (exact) mass is 816 g/mol. The second-order valence-electron chi connectivity index (χ2n) is 16.7. The van der Waals surface area contributed by atoms with Crippen LogP contribution in [0.4, 0.5) is 25.0 Å². The second kappa shape index (κ2) is 14.4. The van der Waals surface area contributed by atoms with Crippen LogP contribution in [0.25, 0.3) is 44.0 Å². The number of carbonyl (C=O) groups excluding carboxylic acids is 1. The average Bonchev–Trinajstić information content (AvgIpc) is 3.93. The number of nitrogens with two attached hydrogens (primary N) is 1. The van der Waals surface area contributed by atoms with Crippen LogP contribution in [-0.4, -0.2) is 83.3 Å². The van der Waals surface area contributed by atoms with Crippen molar-refractivity contribution >= 4 is 61.5 Å². The van der Waals surface area contributed by atoms with Gasteiger partial charge in [0.15, 0.2) is 58.1 Å². The van der Waals surface area contributed by atoms with E-state index in [4.69, 9.17) is 28.8 Å². The van der Waals surface area contributed by atoms with Crippen LogP contribution in [0.15, 0.2) is 43.3 Å². The summed E-state index contributed by atoms with van der Waals surface area (Å²) >= 11 is 0. The highest BCUT2D eigenvalue weighted by Gasteiger charge is 2.36. The predicted molar refractivity (Wildman–Crippen MR) is 216 cm³/mol. The molecule has 312 valence electrons. The van der Waals surface area contributed by atoms with Crippen molar-refractivity contribution in [1.29, 1.82) is 0 Å². The Morgan fingerprint density at radius 3 is 1.68 bits per heavy atom. The summed E-state index contributed by atoms with van der Waals surface area (Å²) in [7, 11) is 2.97. The SMILES string of the molecule is COc1c(N2CCC(N)C2)c(F)cc2c3ocnc3c(=O)n(C3CC3)c12.COc1c(N2CCC(NC(=O)OC(C)(C)C)C2)c(F)cc2c3ocnc3c(=O)n(C3CC3)c12. The molecule has 2 aliphatic heterocycles. The summed E-state index contributed by atoms with van der Waals surface area (Å²) in [6, 6.07) is 2.70. The van der Waals surface area contributed by atoms with Gasteiger partial charge in [-0.1, -0.05) is 0 Å². The summed E-state index contributed by atoms with van der Waals surface area (Å²) in [6.07, 6.45) is 6.86. The summed E-state index contributed by atoms with van der Waals surface area (Å²) < 4.78 is 61.6. The van der Waals surface area contributed by atoms with Crippen LogP contribution in [0.5, 0.6) is 11.5 Å². The van der Waals surface area contributed by atoms with Crippen molar-refractivity contribution in [3.05, 3.63) is 57.3 Å². The lowest BCUT2D eigenvalue weighted by molar-refractivity contribution is 0.0509. The van der Waals surface area contributed by atoms with E-state index in [-0.39, 0.29) is 63.3 Å². The molecule has 4 fully saturated rings. The second-order valence-corrected chi connectivity index (χ2v) is 16.7. The number of anilines is 2. The molecule has 4 aliphatic rings. The number of methoxy groups -OCH3 is 2. The molecule has 2 unspecified atom stereocenters. The van der Waals surface area contributed by atoms with Crippen LogP contribution >= 0.6 is 0 Å². The first-order chi connectivity index (χ1) is 28.3. The smallest absolute Gasteiger partial charge is 0.407 e. The number of hydrogen-bond donors (Lipinski definition) is 2. The van der Waals surface area contributed by atoms with Crippen LogP contribution in [0.3, 0.4) is 0 Å². The molecule has 1 amide bonds. The van der Waals surface area contributed by atoms with E-state index in [2.05, 4.69) is 15.3 Å². The van der Waals surface area contributed by atoms with E-state index in [0.717, 1.165) is 32.1 Å². The Morgan fingerprint density at radius 1 is 0.780 bits per heavy atom. The number of pyridine rings is 2. The highest BCUT2D eigenvalue weighted by Crippen LogP contribution is 2.47. The molecule has 0 radical (unpaired) electrons. The first kappa shape index (κ1) is 38.6. The molecule has 6 aromatic rings. The molecule has 0 spiro atoms. The molecule has 4 aromatic heterocycles. The number of oxazole rings is 2. The zero-order chi connectivity index (χ0) is 41.5. The van der Waals surface area contributed by atoms with Crippen LogP contribution in [0.2, 0.25) is 0 Å². The van der Waals surface area contributed by atoms with Crippen LogP contribution < -0.4 is 41.4 Å². The minimum atomic E-state index is -0.603. The highest BCUT2D eigenvalue weighted by molar-refractivity contribution is 6.06. The van der Waals surface area contributed by atoms with Crippen molar-refractivity contribution < 1.29 is 36.6 Å². The predicted octanol–water partition coefficient (Wildman–Crippen LogP) is 5.89. The molecule has 2 saturated heterocycles. The van der Waals surface area contributed by atoms with Gasteiger partial charge in [0.05, 0.1) is 31.0 Å². The Kier molecular flexibility index (Phi) is 9.44. The first-order valence-corrected chi connectivity index (χ1v) is 19.9. The van der Waals surface area contributed by atoms with Crippen LogP contribution in [-0.2, 0) is 4.74 Å². The number of aromatic nitrogens is 4. The fourth-order valence-corrected chi connectivity index (χ4v) is 8.53. The van der Waals surface area contributed by atoms with E-state index < -0.39 is 23.3 Å². The highest BCUT2D eigenvalue weighted by atomic mass is 19.1. The van der Waals surface area contributed by atoms with E-state index in [1.165, 1.54) is 39.1 Å². The third-order valence-electron chi connectivity index (χ3n) is 11.3. The van der Waals surface area contributed by atoms with Crippen molar-refractivity contribution in [2.75, 3.05) is 50.2 Å². The lowest BCUT2D eigenvalue weighted by Gasteiger charge is -2.25. The standard InChI is InChI=1S/C23H27FN4O5.C18H19FN4O3/c1-23(2,3)33-22(30)26-12-7-8-27(10-12)18-15(24)9-14-17(20(18)31-4)28(13-5-6-13)21(29)16-19(14)32-11-25-16;1-25-17-14-11(6-12(19)15(17)22-5-4-9(20)7-22)16-13(21-8-26-16)18(24)23(14)10-2-3-10/h9,11-13H,5-8,10H2,1-4H3,(H,26,30);6,8-10H,2-5,7,20H2,1H3. The van der Waals surface area contributed by atoms with Gasteiger partial charge in [-0.3, -0.25) is 18.7 Å². The lowest BCUT2D eigenvalue weighted by Crippen LogP contribution is -2.40. The number of halogens is 2. The number of ether oxygens (including phenoxy) is 3. The first-order valence-electron chi connectivity index (χ1n) is 19.9. The van der Waals surface area contributed by atoms with Gasteiger partial charge in [0.25, 0.3) is 11.1 Å². The molecule has 2 saturated carbocycles. The maximum atomic E-state index is 15.5. The lowest BCUT2D eigenvalue weighted by atomic mass is 10.1. The Balaban J connectivity index is 0.000000156. The number of amides is 1. The number of fused-ring (bicyclic) bond motifs is 6. The van der Waals surface area contributed by atoms with Crippen molar-refractivity contribution in [3.8, 4) is 11.5 Å². The number of nitrogens with one attached hydrogen (secondary N) is 1. The summed E-state index contributed by atoms with van der Waals surface area (Å²) in [5, 5.41) is 3.81. The molecule has 2 atom stereocenters. The van der Waals surface area contributed by atoms with Gasteiger partial charge in [-0.15, -0.1) is 0 Å². The molecule has 3 N–H and O–H groups in total. The molecule has 0 bridgehead atoms. The Morgan fingerprint density at radius 2 is 1.25 bits per heavy atom. The van der Waals surface area contributed by atoms with Gasteiger partial charge < -0.3 is 43.9 Å². The molecular formula is C41H46F2N8O8. The normalized spacial score (nSPS) is 19.5. The van der Waals surface area contributed by atoms with E-state index >= 15 is 8.78 Å². The van der Waals surface area contributed by atoms with Crippen molar-refractivity contribution in [2.24, 2.45) is 5.73 Å². The summed E-state index contributed by atoms with van der Waals surface area (Å²) in [5.41, 5.74) is 7.58. The fourth-order valence-electron chi connectivity index (χ4n) is 8.53. The third-order valence-corrected chi connectivity index (χ3v) is 11.3. The van der Waals surface area contributed by atoms with E-state index in [9.17, 15) is 14.4 Å². The zero-order valence-corrected chi connectivity index (χ0v) is 33.5. The molecule has 59 heavy (non-hydrogen) atoms. The number of alkyl carbamates (subject to hydrolysis) is 1. The summed E-state index contributed by atoms with van der Waals surface area (Å²) in [4.78, 5) is 50.2. The maximum Gasteiger partial charge on any atom is 0.407 e. The van der Waals surface area contributed by atoms with Gasteiger partial charge >= 0.3 is 6.09 Å². The third kappa shape index (κ3) is 6.76. The Bertz CT molecular complexity index is 2760. The average molecular weight is 817 g/mol. The topological polar surface area (TPSA) is 185 Å². The number of rotatable bonds is 7. The number of carbonyl (C=O) groups is 1. The minimum absolute atomic E-state index is 0.00261. The van der Waals surface area contributed by atoms with Gasteiger partial charge in [-0.05, 0) is 71.4 Å². The summed E-state index contributed by atoms with van der Waals surface area (Å²) in [5.74, 6) is -0.264. The van der Waals surface area contributed by atoms with Crippen LogP contribution in [0, 0.1) is 11.6 Å². The van der Waals surface area contributed by atoms with Crippen molar-refractivity contribution in [2.45, 2.75) is 89.1 Å². The number of nitrogens with zero attached hydrogens (tertiary/aromatic N) is 6. The molecule has 2 aliphatic carbocycles. The van der Waals surface area contributed by atoms with Gasteiger partial charge in [0.2, 0.25) is 0 Å². The molecule has 16 nitrogen and oxygen atoms in total. The van der Waals surface area contributed by atoms with Gasteiger partial charge in [0, 0.05) is 44.3 Å². The largest absolute Gasteiger partial charge is 0.492 e. The zero-order valence-electron chi connectivity index (χ0n) is 33.5. The van der Waals surface area contributed by atoms with Crippen molar-refractivity contribution in [3.63, 3.8) is 0 Å². The molecule has 10 rings (SSSR count). The van der Waals surface area contributed by atoms with Crippen molar-refractivity contribution in [1.82, 2.24) is 24.4 Å². The fraction of sp³-hybridized carbons (Fsp3) is 0.488. The Hall–Kier alpha value is -5.91. The summed E-state index contributed by atoms with van der Waals surface area (Å²) in [6.45, 7) is 7.50. The van der Waals surface area contributed by atoms with E-state index in [1.807, 2.05) is 9.80 Å². The number of benzene rings is 2. The number of hydrogen-bond acceptors (Lipinski definition) is 13. The van der Waals surface area contributed by atoms with E-state index in [0.29, 0.717) is 71.4 Å². The molecule has 18 heteroatoms. The van der Waals surface area contributed by atoms with Gasteiger partial charge in [-0.2, -0.15) is 0 Å². The van der Waals surface area contributed by atoms with E-state index in [1.54, 1.807) is 29.9 Å². The Labute approximate surface area is 335 Å². The van der Waals surface area contributed by atoms with Gasteiger partial charge in [0.1, 0.15) is 28.0 Å². The quantitative estimate of drug-likeness (QED) is 0.195. The molecule has 6 heterocycles. The maximum absolute atomic E-state index is 15.5. The van der Waals surface area contributed by atoms with Crippen LogP contribution in [0.1, 0.15) is 71.4 Å². The van der Waals surface area contributed by atoms with Gasteiger partial charge in [-0.25, -0.2) is 23.5 Å². The molecular weight excluding hydrogens is 770 g/mol.